The molecule has 0 aliphatic heterocycles. The maximum atomic E-state index is 4.15. The van der Waals surface area contributed by atoms with E-state index in [9.17, 15) is 0 Å². The van der Waals surface area contributed by atoms with Crippen LogP contribution in [0, 0.1) is 13.8 Å². The zero-order chi connectivity index (χ0) is 12.3. The van der Waals surface area contributed by atoms with Gasteiger partial charge in [0.15, 0.2) is 0 Å². The number of benzene rings is 1. The van der Waals surface area contributed by atoms with Gasteiger partial charge in [-0.3, -0.25) is 4.98 Å². The number of pyridine rings is 1. The molecule has 0 radical (unpaired) electrons. The lowest BCUT2D eigenvalue weighted by Crippen LogP contribution is -2.02. The second-order valence-electron chi connectivity index (χ2n) is 4.11. The Morgan fingerprint density at radius 1 is 1.24 bits per heavy atom. The molecule has 0 aliphatic rings. The van der Waals surface area contributed by atoms with Crippen LogP contribution in [0.3, 0.4) is 0 Å². The van der Waals surface area contributed by atoms with Crippen molar-refractivity contribution >= 4 is 21.6 Å². The van der Waals surface area contributed by atoms with Crippen LogP contribution in [-0.4, -0.2) is 4.98 Å². The number of aromatic nitrogens is 1. The number of nitrogens with one attached hydrogen (secondary N) is 1. The van der Waals surface area contributed by atoms with Crippen LogP contribution >= 0.6 is 15.9 Å². The summed E-state index contributed by atoms with van der Waals surface area (Å²) in [5.74, 6) is 0. The quantitative estimate of drug-likeness (QED) is 0.922. The third-order valence-electron chi connectivity index (χ3n) is 2.85. The standard InChI is InChI=1S/C14H15BrN2/c1-10-4-3-5-14(11(10)2)17-8-12-6-13(15)9-16-7-12/h3-7,9,17H,8H2,1-2H3. The summed E-state index contributed by atoms with van der Waals surface area (Å²) >= 11 is 3.42. The lowest BCUT2D eigenvalue weighted by Gasteiger charge is -2.11. The molecule has 2 nitrogen and oxygen atoms in total. The highest BCUT2D eigenvalue weighted by Crippen LogP contribution is 2.19. The second-order valence-corrected chi connectivity index (χ2v) is 5.03. The lowest BCUT2D eigenvalue weighted by molar-refractivity contribution is 1.10. The van der Waals surface area contributed by atoms with Gasteiger partial charge in [-0.25, -0.2) is 0 Å². The maximum Gasteiger partial charge on any atom is 0.0416 e. The van der Waals surface area contributed by atoms with Gasteiger partial charge in [0.1, 0.15) is 0 Å². The number of aryl methyl sites for hydroxylation is 1. The second kappa shape index (κ2) is 5.32. The molecule has 88 valence electrons. The van der Waals surface area contributed by atoms with Gasteiger partial charge in [-0.15, -0.1) is 0 Å². The molecular formula is C14H15BrN2. The third-order valence-corrected chi connectivity index (χ3v) is 3.28. The highest BCUT2D eigenvalue weighted by Gasteiger charge is 2.00. The molecule has 0 fully saturated rings. The molecule has 0 atom stereocenters. The summed E-state index contributed by atoms with van der Waals surface area (Å²) in [6, 6.07) is 8.38. The first-order chi connectivity index (χ1) is 8.16. The smallest absolute Gasteiger partial charge is 0.0416 e. The minimum atomic E-state index is 0.788. The molecular weight excluding hydrogens is 276 g/mol. The molecule has 0 saturated carbocycles. The Bertz CT molecular complexity index is 523. The molecule has 1 heterocycles. The summed E-state index contributed by atoms with van der Waals surface area (Å²) in [7, 11) is 0. The third kappa shape index (κ3) is 3.07. The molecule has 1 N–H and O–H groups in total. The molecule has 1 aromatic heterocycles. The van der Waals surface area contributed by atoms with E-state index >= 15 is 0 Å². The van der Waals surface area contributed by atoms with Gasteiger partial charge in [0.05, 0.1) is 0 Å². The SMILES string of the molecule is Cc1cccc(NCc2cncc(Br)c2)c1C. The average molecular weight is 291 g/mol. The number of nitrogens with zero attached hydrogens (tertiary/aromatic N) is 1. The van der Waals surface area contributed by atoms with Gasteiger partial charge >= 0.3 is 0 Å². The number of anilines is 1. The Balaban J connectivity index is 2.10. The lowest BCUT2D eigenvalue weighted by atomic mass is 10.1. The van der Waals surface area contributed by atoms with E-state index in [-0.39, 0.29) is 0 Å². The summed E-state index contributed by atoms with van der Waals surface area (Å²) in [5.41, 5.74) is 4.96. The average Bonchev–Trinajstić information content (AvgIpc) is 2.31. The van der Waals surface area contributed by atoms with E-state index < -0.39 is 0 Å². The van der Waals surface area contributed by atoms with Crippen LogP contribution in [0.15, 0.2) is 41.1 Å². The normalized spacial score (nSPS) is 10.3. The number of hydrogen-bond acceptors (Lipinski definition) is 2. The first kappa shape index (κ1) is 12.1. The Morgan fingerprint density at radius 3 is 2.82 bits per heavy atom. The van der Waals surface area contributed by atoms with E-state index in [2.05, 4.69) is 64.3 Å². The minimum Gasteiger partial charge on any atom is -0.381 e. The predicted octanol–water partition coefficient (Wildman–Crippen LogP) is 4.07. The van der Waals surface area contributed by atoms with Gasteiger partial charge in [0.25, 0.3) is 0 Å². The van der Waals surface area contributed by atoms with Crippen LogP contribution in [0.2, 0.25) is 0 Å². The fourth-order valence-electron chi connectivity index (χ4n) is 1.69. The Kier molecular flexibility index (Phi) is 3.79. The van der Waals surface area contributed by atoms with Crippen molar-refractivity contribution in [3.63, 3.8) is 0 Å². The molecule has 0 saturated heterocycles. The fourth-order valence-corrected chi connectivity index (χ4v) is 2.10. The number of hydrogen-bond donors (Lipinski definition) is 1. The van der Waals surface area contributed by atoms with Crippen LogP contribution in [0.1, 0.15) is 16.7 Å². The first-order valence-electron chi connectivity index (χ1n) is 5.56. The van der Waals surface area contributed by atoms with Crippen molar-refractivity contribution in [1.82, 2.24) is 4.98 Å². The zero-order valence-corrected chi connectivity index (χ0v) is 11.6. The van der Waals surface area contributed by atoms with Crippen LogP contribution in [-0.2, 0) is 6.54 Å². The summed E-state index contributed by atoms with van der Waals surface area (Å²) in [5, 5.41) is 3.44. The van der Waals surface area contributed by atoms with E-state index in [1.807, 2.05) is 6.20 Å². The van der Waals surface area contributed by atoms with Crippen molar-refractivity contribution in [2.75, 3.05) is 5.32 Å². The van der Waals surface area contributed by atoms with E-state index in [4.69, 9.17) is 0 Å². The van der Waals surface area contributed by atoms with Crippen molar-refractivity contribution in [1.29, 1.82) is 0 Å². The van der Waals surface area contributed by atoms with Crippen LogP contribution in [0.4, 0.5) is 5.69 Å². The predicted molar refractivity (Wildman–Crippen MR) is 75.2 cm³/mol. The molecule has 0 bridgehead atoms. The summed E-state index contributed by atoms with van der Waals surface area (Å²) in [6.07, 6.45) is 3.67. The molecule has 0 unspecified atom stereocenters. The maximum absolute atomic E-state index is 4.15. The molecule has 3 heteroatoms. The highest BCUT2D eigenvalue weighted by molar-refractivity contribution is 9.10. The minimum absolute atomic E-state index is 0.788. The highest BCUT2D eigenvalue weighted by atomic mass is 79.9. The first-order valence-corrected chi connectivity index (χ1v) is 6.35. The topological polar surface area (TPSA) is 24.9 Å². The summed E-state index contributed by atoms with van der Waals surface area (Å²) in [4.78, 5) is 4.15. The van der Waals surface area contributed by atoms with Gasteiger partial charge in [-0.05, 0) is 58.6 Å². The summed E-state index contributed by atoms with van der Waals surface area (Å²) in [6.45, 7) is 5.05. The molecule has 2 rings (SSSR count). The number of rotatable bonds is 3. The van der Waals surface area contributed by atoms with Crippen molar-refractivity contribution in [3.05, 3.63) is 57.8 Å². The van der Waals surface area contributed by atoms with Gasteiger partial charge in [-0.2, -0.15) is 0 Å². The van der Waals surface area contributed by atoms with Crippen molar-refractivity contribution in [2.45, 2.75) is 20.4 Å². The van der Waals surface area contributed by atoms with Crippen molar-refractivity contribution < 1.29 is 0 Å². The van der Waals surface area contributed by atoms with E-state index in [0.29, 0.717) is 0 Å². The molecule has 0 aliphatic carbocycles. The van der Waals surface area contributed by atoms with Crippen LogP contribution in [0.5, 0.6) is 0 Å². The van der Waals surface area contributed by atoms with Gasteiger partial charge in [0, 0.05) is 29.1 Å². The molecule has 0 amide bonds. The van der Waals surface area contributed by atoms with Gasteiger partial charge in [-0.1, -0.05) is 12.1 Å². The Morgan fingerprint density at radius 2 is 2.06 bits per heavy atom. The monoisotopic (exact) mass is 290 g/mol. The van der Waals surface area contributed by atoms with Gasteiger partial charge in [0.2, 0.25) is 0 Å². The van der Waals surface area contributed by atoms with E-state index in [1.54, 1.807) is 6.20 Å². The zero-order valence-electron chi connectivity index (χ0n) is 10.00. The van der Waals surface area contributed by atoms with Crippen LogP contribution < -0.4 is 5.32 Å². The largest absolute Gasteiger partial charge is 0.381 e. The van der Waals surface area contributed by atoms with E-state index in [0.717, 1.165) is 11.0 Å². The van der Waals surface area contributed by atoms with Crippen molar-refractivity contribution in [3.8, 4) is 0 Å². The van der Waals surface area contributed by atoms with Crippen LogP contribution in [0.25, 0.3) is 0 Å². The molecule has 0 spiro atoms. The number of halogens is 1. The molecule has 1 aromatic carbocycles. The Labute approximate surface area is 110 Å². The summed E-state index contributed by atoms with van der Waals surface area (Å²) < 4.78 is 1.01. The van der Waals surface area contributed by atoms with E-state index in [1.165, 1.54) is 22.4 Å². The fraction of sp³-hybridized carbons (Fsp3) is 0.214. The molecule has 17 heavy (non-hydrogen) atoms. The van der Waals surface area contributed by atoms with Crippen molar-refractivity contribution in [2.24, 2.45) is 0 Å². The molecule has 2 aromatic rings. The Hall–Kier alpha value is -1.35. The van der Waals surface area contributed by atoms with Gasteiger partial charge < -0.3 is 5.32 Å².